The zero-order chi connectivity index (χ0) is 14.8. The standard InChI is InChI=1S/C16H11ClO2S2/c1-19-16(18)11-4-2-3-5-14(11)21-15-9-20-13-7-6-10(17)8-12(13)15/h2-9H,1H3. The fourth-order valence-electron chi connectivity index (χ4n) is 2.01. The molecule has 0 saturated carbocycles. The van der Waals surface area contributed by atoms with Crippen molar-refractivity contribution in [2.24, 2.45) is 0 Å². The van der Waals surface area contributed by atoms with E-state index in [0.29, 0.717) is 10.6 Å². The van der Waals surface area contributed by atoms with Gasteiger partial charge in [0.25, 0.3) is 0 Å². The van der Waals surface area contributed by atoms with Crippen molar-refractivity contribution in [3.8, 4) is 0 Å². The zero-order valence-electron chi connectivity index (χ0n) is 11.1. The van der Waals surface area contributed by atoms with E-state index in [2.05, 4.69) is 5.38 Å². The van der Waals surface area contributed by atoms with Crippen LogP contribution in [0.5, 0.6) is 0 Å². The lowest BCUT2D eigenvalue weighted by Gasteiger charge is -2.06. The summed E-state index contributed by atoms with van der Waals surface area (Å²) in [5, 5.41) is 3.90. The van der Waals surface area contributed by atoms with Gasteiger partial charge in [-0.25, -0.2) is 4.79 Å². The number of methoxy groups -OCH3 is 1. The van der Waals surface area contributed by atoms with Crippen LogP contribution in [0.4, 0.5) is 0 Å². The molecule has 0 aliphatic carbocycles. The van der Waals surface area contributed by atoms with E-state index in [9.17, 15) is 4.79 Å². The zero-order valence-corrected chi connectivity index (χ0v) is 13.5. The molecule has 1 heterocycles. The van der Waals surface area contributed by atoms with Crippen LogP contribution in [0.3, 0.4) is 0 Å². The Hall–Kier alpha value is -1.49. The highest BCUT2D eigenvalue weighted by Crippen LogP contribution is 2.39. The molecule has 21 heavy (non-hydrogen) atoms. The number of halogens is 1. The number of ether oxygens (including phenoxy) is 1. The van der Waals surface area contributed by atoms with Crippen molar-refractivity contribution in [1.29, 1.82) is 0 Å². The summed E-state index contributed by atoms with van der Waals surface area (Å²) in [6.07, 6.45) is 0. The average molecular weight is 335 g/mol. The van der Waals surface area contributed by atoms with Crippen LogP contribution in [0.15, 0.2) is 57.6 Å². The van der Waals surface area contributed by atoms with Crippen LogP contribution in [0, 0.1) is 0 Å². The molecule has 0 aliphatic heterocycles. The highest BCUT2D eigenvalue weighted by atomic mass is 35.5. The predicted octanol–water partition coefficient (Wildman–Crippen LogP) is 5.49. The summed E-state index contributed by atoms with van der Waals surface area (Å²) in [4.78, 5) is 13.8. The molecule has 0 aliphatic rings. The van der Waals surface area contributed by atoms with Crippen LogP contribution in [0.2, 0.25) is 5.02 Å². The van der Waals surface area contributed by atoms with Gasteiger partial charge in [-0.15, -0.1) is 11.3 Å². The minimum atomic E-state index is -0.323. The van der Waals surface area contributed by atoms with E-state index in [-0.39, 0.29) is 5.97 Å². The van der Waals surface area contributed by atoms with Crippen molar-refractivity contribution in [2.45, 2.75) is 9.79 Å². The van der Waals surface area contributed by atoms with Crippen molar-refractivity contribution < 1.29 is 9.53 Å². The van der Waals surface area contributed by atoms with Crippen molar-refractivity contribution in [2.75, 3.05) is 7.11 Å². The van der Waals surface area contributed by atoms with Gasteiger partial charge >= 0.3 is 5.97 Å². The molecule has 0 spiro atoms. The second-order valence-electron chi connectivity index (χ2n) is 4.33. The molecular formula is C16H11ClO2S2. The first-order chi connectivity index (χ1) is 10.2. The molecular weight excluding hydrogens is 324 g/mol. The van der Waals surface area contributed by atoms with Crippen LogP contribution >= 0.6 is 34.7 Å². The smallest absolute Gasteiger partial charge is 0.339 e. The fraction of sp³-hybridized carbons (Fsp3) is 0.0625. The van der Waals surface area contributed by atoms with Crippen LogP contribution in [0.25, 0.3) is 10.1 Å². The second kappa shape index (κ2) is 6.10. The lowest BCUT2D eigenvalue weighted by molar-refractivity contribution is 0.0597. The van der Waals surface area contributed by atoms with Crippen LogP contribution in [-0.4, -0.2) is 13.1 Å². The molecule has 0 N–H and O–H groups in total. The Bertz CT molecular complexity index is 811. The van der Waals surface area contributed by atoms with Crippen molar-refractivity contribution >= 4 is 50.8 Å². The second-order valence-corrected chi connectivity index (χ2v) is 6.76. The van der Waals surface area contributed by atoms with E-state index >= 15 is 0 Å². The van der Waals surface area contributed by atoms with E-state index in [1.54, 1.807) is 29.2 Å². The van der Waals surface area contributed by atoms with Crippen LogP contribution in [-0.2, 0) is 4.74 Å². The van der Waals surface area contributed by atoms with E-state index in [1.807, 2.05) is 36.4 Å². The summed E-state index contributed by atoms with van der Waals surface area (Å²) in [6.45, 7) is 0. The summed E-state index contributed by atoms with van der Waals surface area (Å²) < 4.78 is 6.01. The number of hydrogen-bond donors (Lipinski definition) is 0. The maximum atomic E-state index is 11.8. The Morgan fingerprint density at radius 3 is 2.81 bits per heavy atom. The van der Waals surface area contributed by atoms with Gasteiger partial charge in [0.1, 0.15) is 0 Å². The molecule has 3 rings (SSSR count). The van der Waals surface area contributed by atoms with Gasteiger partial charge in [0, 0.05) is 30.3 Å². The summed E-state index contributed by atoms with van der Waals surface area (Å²) in [6, 6.07) is 13.3. The van der Waals surface area contributed by atoms with Gasteiger partial charge in [0.15, 0.2) is 0 Å². The first-order valence-electron chi connectivity index (χ1n) is 6.21. The number of fused-ring (bicyclic) bond motifs is 1. The van der Waals surface area contributed by atoms with E-state index in [0.717, 1.165) is 15.2 Å². The maximum absolute atomic E-state index is 11.8. The normalized spacial score (nSPS) is 10.8. The number of benzene rings is 2. The first kappa shape index (κ1) is 14.4. The summed E-state index contributed by atoms with van der Waals surface area (Å²) in [5.41, 5.74) is 0.575. The molecule has 2 aromatic carbocycles. The van der Waals surface area contributed by atoms with Crippen LogP contribution in [0.1, 0.15) is 10.4 Å². The minimum Gasteiger partial charge on any atom is -0.465 e. The Labute approximate surface area is 135 Å². The highest BCUT2D eigenvalue weighted by molar-refractivity contribution is 7.99. The maximum Gasteiger partial charge on any atom is 0.339 e. The van der Waals surface area contributed by atoms with Crippen molar-refractivity contribution in [1.82, 2.24) is 0 Å². The van der Waals surface area contributed by atoms with Crippen LogP contribution < -0.4 is 0 Å². The molecule has 0 amide bonds. The quantitative estimate of drug-likeness (QED) is 0.592. The molecule has 0 saturated heterocycles. The molecule has 3 aromatic rings. The number of rotatable bonds is 3. The third kappa shape index (κ3) is 2.93. The highest BCUT2D eigenvalue weighted by Gasteiger charge is 2.14. The molecule has 0 unspecified atom stereocenters. The van der Waals surface area contributed by atoms with E-state index < -0.39 is 0 Å². The molecule has 5 heteroatoms. The molecule has 0 radical (unpaired) electrons. The van der Waals surface area contributed by atoms with Gasteiger partial charge in [-0.05, 0) is 30.3 Å². The van der Waals surface area contributed by atoms with Gasteiger partial charge in [0.2, 0.25) is 0 Å². The molecule has 106 valence electrons. The number of carbonyl (C=O) groups excluding carboxylic acids is 1. The topological polar surface area (TPSA) is 26.3 Å². The molecule has 1 aromatic heterocycles. The fourth-order valence-corrected chi connectivity index (χ4v) is 4.31. The SMILES string of the molecule is COC(=O)c1ccccc1Sc1csc2ccc(Cl)cc12. The van der Waals surface area contributed by atoms with Gasteiger partial charge < -0.3 is 4.74 Å². The molecule has 0 fully saturated rings. The third-order valence-electron chi connectivity index (χ3n) is 3.01. The van der Waals surface area contributed by atoms with Gasteiger partial charge in [-0.1, -0.05) is 35.5 Å². The largest absolute Gasteiger partial charge is 0.465 e. The Balaban J connectivity index is 2.03. The Kier molecular flexibility index (Phi) is 4.19. The average Bonchev–Trinajstić information content (AvgIpc) is 2.89. The van der Waals surface area contributed by atoms with Crippen molar-refractivity contribution in [3.05, 3.63) is 58.4 Å². The number of carbonyl (C=O) groups is 1. The van der Waals surface area contributed by atoms with Gasteiger partial charge in [-0.3, -0.25) is 0 Å². The van der Waals surface area contributed by atoms with Crippen molar-refractivity contribution in [3.63, 3.8) is 0 Å². The lowest BCUT2D eigenvalue weighted by atomic mass is 10.2. The first-order valence-corrected chi connectivity index (χ1v) is 8.28. The molecule has 0 bridgehead atoms. The van der Waals surface area contributed by atoms with E-state index in [1.165, 1.54) is 11.8 Å². The number of thiophene rings is 1. The monoisotopic (exact) mass is 334 g/mol. The molecule has 0 atom stereocenters. The summed E-state index contributed by atoms with van der Waals surface area (Å²) in [7, 11) is 1.39. The predicted molar refractivity (Wildman–Crippen MR) is 88.7 cm³/mol. The number of hydrogen-bond acceptors (Lipinski definition) is 4. The minimum absolute atomic E-state index is 0.323. The molecule has 2 nitrogen and oxygen atoms in total. The van der Waals surface area contributed by atoms with Gasteiger partial charge in [0.05, 0.1) is 12.7 Å². The van der Waals surface area contributed by atoms with E-state index in [4.69, 9.17) is 16.3 Å². The summed E-state index contributed by atoms with van der Waals surface area (Å²) in [5.74, 6) is -0.323. The Morgan fingerprint density at radius 1 is 1.19 bits per heavy atom. The Morgan fingerprint density at radius 2 is 2.00 bits per heavy atom. The third-order valence-corrected chi connectivity index (χ3v) is 5.49. The summed E-state index contributed by atoms with van der Waals surface area (Å²) >= 11 is 9.30. The number of esters is 1. The van der Waals surface area contributed by atoms with Gasteiger partial charge in [-0.2, -0.15) is 0 Å². The lowest BCUT2D eigenvalue weighted by Crippen LogP contribution is -2.02.